The van der Waals surface area contributed by atoms with Gasteiger partial charge in [-0.2, -0.15) is 9.61 Å². The van der Waals surface area contributed by atoms with Crippen LogP contribution in [0.1, 0.15) is 0 Å². The first kappa shape index (κ1) is 5.61. The molecule has 0 atom stereocenters. The van der Waals surface area contributed by atoms with E-state index in [-0.39, 0.29) is 5.28 Å². The van der Waals surface area contributed by atoms with Crippen LogP contribution in [0.25, 0.3) is 5.65 Å². The van der Waals surface area contributed by atoms with E-state index in [4.69, 9.17) is 11.6 Å². The standard InChI is InChI=1S/C5H3ClN4/c6-5-9-8-4-2-1-3-7-10(4)5/h1-3H. The lowest BCUT2D eigenvalue weighted by Gasteiger charge is -1.86. The number of hydrogen-bond acceptors (Lipinski definition) is 3. The molecule has 0 aliphatic heterocycles. The summed E-state index contributed by atoms with van der Waals surface area (Å²) in [5.41, 5.74) is 0.660. The van der Waals surface area contributed by atoms with Crippen molar-refractivity contribution in [2.24, 2.45) is 0 Å². The highest BCUT2D eigenvalue weighted by Crippen LogP contribution is 2.03. The molecule has 50 valence electrons. The molecular formula is C5H3ClN4. The molecule has 0 aliphatic rings. The van der Waals surface area contributed by atoms with Gasteiger partial charge in [-0.05, 0) is 23.7 Å². The van der Waals surface area contributed by atoms with Crippen molar-refractivity contribution in [3.05, 3.63) is 23.6 Å². The van der Waals surface area contributed by atoms with Gasteiger partial charge in [0, 0.05) is 6.20 Å². The third kappa shape index (κ3) is 0.657. The van der Waals surface area contributed by atoms with Crippen LogP contribution >= 0.6 is 11.6 Å². The molecule has 0 amide bonds. The Hall–Kier alpha value is -1.16. The van der Waals surface area contributed by atoms with Gasteiger partial charge in [-0.15, -0.1) is 10.2 Å². The summed E-state index contributed by atoms with van der Waals surface area (Å²) in [5.74, 6) is 0. The molecule has 0 bridgehead atoms. The van der Waals surface area contributed by atoms with E-state index in [1.807, 2.05) is 0 Å². The van der Waals surface area contributed by atoms with E-state index in [0.717, 1.165) is 0 Å². The van der Waals surface area contributed by atoms with Gasteiger partial charge in [0.15, 0.2) is 5.65 Å². The normalized spacial score (nSPS) is 10.5. The molecule has 4 nitrogen and oxygen atoms in total. The second-order valence-electron chi connectivity index (χ2n) is 1.76. The molecule has 0 spiro atoms. The molecule has 10 heavy (non-hydrogen) atoms. The number of hydrogen-bond donors (Lipinski definition) is 0. The van der Waals surface area contributed by atoms with Crippen LogP contribution in [0.15, 0.2) is 18.3 Å². The van der Waals surface area contributed by atoms with Gasteiger partial charge in [-0.1, -0.05) is 0 Å². The predicted molar refractivity (Wildman–Crippen MR) is 35.8 cm³/mol. The Balaban J connectivity index is 2.93. The first-order valence-electron chi connectivity index (χ1n) is 2.70. The summed E-state index contributed by atoms with van der Waals surface area (Å²) in [7, 11) is 0. The Bertz CT molecular complexity index is 355. The lowest BCUT2D eigenvalue weighted by atomic mass is 10.6. The first-order chi connectivity index (χ1) is 4.88. The van der Waals surface area contributed by atoms with Crippen LogP contribution in [0.2, 0.25) is 5.28 Å². The summed E-state index contributed by atoms with van der Waals surface area (Å²) in [6.07, 6.45) is 1.63. The Kier molecular flexibility index (Phi) is 1.07. The van der Waals surface area contributed by atoms with Crippen LogP contribution in [0.4, 0.5) is 0 Å². The predicted octanol–water partition coefficient (Wildman–Crippen LogP) is 0.778. The minimum absolute atomic E-state index is 0.288. The molecule has 0 aromatic carbocycles. The van der Waals surface area contributed by atoms with Crippen LogP contribution in [0.5, 0.6) is 0 Å². The Labute approximate surface area is 61.4 Å². The fourth-order valence-electron chi connectivity index (χ4n) is 0.717. The van der Waals surface area contributed by atoms with Crippen molar-refractivity contribution >= 4 is 17.2 Å². The van der Waals surface area contributed by atoms with Gasteiger partial charge in [0.05, 0.1) is 0 Å². The van der Waals surface area contributed by atoms with Gasteiger partial charge in [0.1, 0.15) is 0 Å². The van der Waals surface area contributed by atoms with Gasteiger partial charge < -0.3 is 0 Å². The number of rotatable bonds is 0. The molecule has 2 aromatic rings. The maximum atomic E-state index is 5.60. The summed E-state index contributed by atoms with van der Waals surface area (Å²) >= 11 is 5.60. The second-order valence-corrected chi connectivity index (χ2v) is 2.10. The summed E-state index contributed by atoms with van der Waals surface area (Å²) in [6.45, 7) is 0. The highest BCUT2D eigenvalue weighted by Gasteiger charge is 1.99. The first-order valence-corrected chi connectivity index (χ1v) is 3.07. The van der Waals surface area contributed by atoms with Crippen LogP contribution in [-0.2, 0) is 0 Å². The summed E-state index contributed by atoms with van der Waals surface area (Å²) in [5, 5.41) is 11.5. The molecule has 0 aliphatic carbocycles. The van der Waals surface area contributed by atoms with Crippen molar-refractivity contribution in [1.82, 2.24) is 19.8 Å². The van der Waals surface area contributed by atoms with Crippen molar-refractivity contribution < 1.29 is 0 Å². The monoisotopic (exact) mass is 154 g/mol. The van der Waals surface area contributed by atoms with Gasteiger partial charge in [0.25, 0.3) is 0 Å². The minimum Gasteiger partial charge on any atom is -0.183 e. The van der Waals surface area contributed by atoms with E-state index in [2.05, 4.69) is 15.3 Å². The molecule has 2 heterocycles. The Morgan fingerprint density at radius 2 is 2.30 bits per heavy atom. The number of halogens is 1. The molecular weight excluding hydrogens is 152 g/mol. The third-order valence-corrected chi connectivity index (χ3v) is 1.38. The molecule has 2 rings (SSSR count). The maximum absolute atomic E-state index is 5.60. The summed E-state index contributed by atoms with van der Waals surface area (Å²) in [6, 6.07) is 3.56. The van der Waals surface area contributed by atoms with E-state index in [1.54, 1.807) is 18.3 Å². The largest absolute Gasteiger partial charge is 0.246 e. The zero-order valence-corrected chi connectivity index (χ0v) is 5.65. The number of aromatic nitrogens is 4. The van der Waals surface area contributed by atoms with Gasteiger partial charge in [-0.25, -0.2) is 0 Å². The lowest BCUT2D eigenvalue weighted by Crippen LogP contribution is -1.88. The van der Waals surface area contributed by atoms with Crippen LogP contribution < -0.4 is 0 Å². The van der Waals surface area contributed by atoms with Gasteiger partial charge in [0.2, 0.25) is 5.28 Å². The molecule has 0 unspecified atom stereocenters. The average molecular weight is 155 g/mol. The minimum atomic E-state index is 0.288. The zero-order valence-electron chi connectivity index (χ0n) is 4.90. The smallest absolute Gasteiger partial charge is 0.183 e. The third-order valence-electron chi connectivity index (χ3n) is 1.14. The second kappa shape index (κ2) is 1.91. The molecule has 0 saturated heterocycles. The highest BCUT2D eigenvalue weighted by molar-refractivity contribution is 6.28. The molecule has 0 N–H and O–H groups in total. The van der Waals surface area contributed by atoms with Crippen molar-refractivity contribution in [3.63, 3.8) is 0 Å². The van der Waals surface area contributed by atoms with Gasteiger partial charge in [-0.3, -0.25) is 0 Å². The van der Waals surface area contributed by atoms with Crippen molar-refractivity contribution in [2.45, 2.75) is 0 Å². The van der Waals surface area contributed by atoms with E-state index in [1.165, 1.54) is 4.52 Å². The SMILES string of the molecule is Clc1nnc2cccnn12. The van der Waals surface area contributed by atoms with E-state index in [9.17, 15) is 0 Å². The summed E-state index contributed by atoms with van der Waals surface area (Å²) in [4.78, 5) is 0. The fourth-order valence-corrected chi connectivity index (χ4v) is 0.885. The Morgan fingerprint density at radius 3 is 3.10 bits per heavy atom. The maximum Gasteiger partial charge on any atom is 0.246 e. The van der Waals surface area contributed by atoms with Crippen molar-refractivity contribution in [1.29, 1.82) is 0 Å². The molecule has 2 aromatic heterocycles. The quantitative estimate of drug-likeness (QED) is 0.563. The van der Waals surface area contributed by atoms with E-state index >= 15 is 0 Å². The number of fused-ring (bicyclic) bond motifs is 1. The fraction of sp³-hybridized carbons (Fsp3) is 0. The average Bonchev–Trinajstić information content (AvgIpc) is 2.34. The van der Waals surface area contributed by atoms with Crippen molar-refractivity contribution in [2.75, 3.05) is 0 Å². The van der Waals surface area contributed by atoms with E-state index in [0.29, 0.717) is 5.65 Å². The van der Waals surface area contributed by atoms with Crippen molar-refractivity contribution in [3.8, 4) is 0 Å². The topological polar surface area (TPSA) is 43.1 Å². The summed E-state index contributed by atoms with van der Waals surface area (Å²) < 4.78 is 1.46. The lowest BCUT2D eigenvalue weighted by molar-refractivity contribution is 0.927. The van der Waals surface area contributed by atoms with Crippen LogP contribution in [0.3, 0.4) is 0 Å². The van der Waals surface area contributed by atoms with Crippen LogP contribution in [-0.4, -0.2) is 19.8 Å². The zero-order chi connectivity index (χ0) is 6.97. The number of nitrogens with zero attached hydrogens (tertiary/aromatic N) is 4. The van der Waals surface area contributed by atoms with Gasteiger partial charge >= 0.3 is 0 Å². The molecule has 0 fully saturated rings. The Morgan fingerprint density at radius 1 is 1.40 bits per heavy atom. The van der Waals surface area contributed by atoms with E-state index < -0.39 is 0 Å². The van der Waals surface area contributed by atoms with Crippen LogP contribution in [0, 0.1) is 0 Å². The highest BCUT2D eigenvalue weighted by atomic mass is 35.5. The molecule has 0 saturated carbocycles. The molecule has 0 radical (unpaired) electrons. The molecule has 5 heteroatoms.